The number of ether oxygens (including phenoxy) is 2. The Bertz CT molecular complexity index is 739. The fourth-order valence-corrected chi connectivity index (χ4v) is 2.04. The van der Waals surface area contributed by atoms with Gasteiger partial charge >= 0.3 is 11.9 Å². The molecule has 114 valence electrons. The Labute approximate surface area is 125 Å². The monoisotopic (exact) mass is 304 g/mol. The van der Waals surface area contributed by atoms with Gasteiger partial charge in [0.15, 0.2) is 0 Å². The molecule has 0 atom stereocenters. The summed E-state index contributed by atoms with van der Waals surface area (Å²) < 4.78 is 23.4. The van der Waals surface area contributed by atoms with Gasteiger partial charge < -0.3 is 14.6 Å². The van der Waals surface area contributed by atoms with Crippen LogP contribution in [0.25, 0.3) is 11.1 Å². The van der Waals surface area contributed by atoms with Gasteiger partial charge in [-0.25, -0.2) is 14.0 Å². The quantitative estimate of drug-likeness (QED) is 0.879. The van der Waals surface area contributed by atoms with Crippen molar-refractivity contribution in [3.8, 4) is 16.9 Å². The van der Waals surface area contributed by atoms with Crippen LogP contribution in [0.5, 0.6) is 5.75 Å². The van der Waals surface area contributed by atoms with Crippen LogP contribution in [0.1, 0.15) is 20.7 Å². The molecule has 0 saturated heterocycles. The Hall–Kier alpha value is -2.89. The lowest BCUT2D eigenvalue weighted by Crippen LogP contribution is -2.03. The Morgan fingerprint density at radius 2 is 1.77 bits per heavy atom. The molecular formula is C16H13FO5. The lowest BCUT2D eigenvalue weighted by atomic mass is 10.00. The highest BCUT2D eigenvalue weighted by atomic mass is 19.1. The van der Waals surface area contributed by atoms with Crippen molar-refractivity contribution < 1.29 is 28.6 Å². The summed E-state index contributed by atoms with van der Waals surface area (Å²) in [5.41, 5.74) is 0.957. The highest BCUT2D eigenvalue weighted by Crippen LogP contribution is 2.32. The first kappa shape index (κ1) is 15.5. The lowest BCUT2D eigenvalue weighted by Gasteiger charge is -2.11. The van der Waals surface area contributed by atoms with Gasteiger partial charge in [-0.2, -0.15) is 0 Å². The molecule has 2 aromatic rings. The largest absolute Gasteiger partial charge is 0.496 e. The molecule has 6 heteroatoms. The molecule has 0 heterocycles. The smallest absolute Gasteiger partial charge is 0.337 e. The van der Waals surface area contributed by atoms with Gasteiger partial charge in [0.25, 0.3) is 0 Å². The van der Waals surface area contributed by atoms with Crippen LogP contribution in [-0.4, -0.2) is 31.3 Å². The molecule has 0 aliphatic heterocycles. The van der Waals surface area contributed by atoms with Crippen molar-refractivity contribution in [2.75, 3.05) is 14.2 Å². The number of aromatic carboxylic acids is 1. The van der Waals surface area contributed by atoms with Crippen molar-refractivity contribution in [3.63, 3.8) is 0 Å². The van der Waals surface area contributed by atoms with Crippen molar-refractivity contribution in [2.24, 2.45) is 0 Å². The van der Waals surface area contributed by atoms with Crippen molar-refractivity contribution >= 4 is 11.9 Å². The van der Waals surface area contributed by atoms with Gasteiger partial charge in [0.05, 0.1) is 25.3 Å². The first-order chi connectivity index (χ1) is 10.5. The molecule has 0 fully saturated rings. The molecule has 1 N–H and O–H groups in total. The number of carbonyl (C=O) groups is 2. The molecule has 0 radical (unpaired) electrons. The third kappa shape index (κ3) is 3.06. The van der Waals surface area contributed by atoms with Gasteiger partial charge in [-0.15, -0.1) is 0 Å². The average molecular weight is 304 g/mol. The van der Waals surface area contributed by atoms with Gasteiger partial charge in [-0.05, 0) is 42.0 Å². The predicted octanol–water partition coefficient (Wildman–Crippen LogP) is 2.99. The number of rotatable bonds is 4. The summed E-state index contributed by atoms with van der Waals surface area (Å²) in [7, 11) is 2.58. The average Bonchev–Trinajstić information content (AvgIpc) is 2.52. The number of carboxylic acids is 1. The molecule has 0 aliphatic rings. The van der Waals surface area contributed by atoms with Crippen LogP contribution in [0.15, 0.2) is 36.4 Å². The maximum atomic E-state index is 13.7. The van der Waals surface area contributed by atoms with E-state index in [9.17, 15) is 14.0 Å². The Morgan fingerprint density at radius 1 is 1.05 bits per heavy atom. The number of hydrogen-bond donors (Lipinski definition) is 1. The SMILES string of the molecule is COC(=O)c1cc(F)cc(-c2ccc(C(=O)O)cc2OC)c1. The standard InChI is InChI=1S/C16H13FO5/c1-21-14-8-9(15(18)19)3-4-13(14)10-5-11(16(20)22-2)7-12(17)6-10/h3-8H,1-2H3,(H,18,19). The molecule has 5 nitrogen and oxygen atoms in total. The van der Waals surface area contributed by atoms with Gasteiger partial charge in [-0.1, -0.05) is 0 Å². The number of hydrogen-bond acceptors (Lipinski definition) is 4. The Morgan fingerprint density at radius 3 is 2.36 bits per heavy atom. The van der Waals surface area contributed by atoms with Gasteiger partial charge in [0.1, 0.15) is 11.6 Å². The van der Waals surface area contributed by atoms with E-state index in [-0.39, 0.29) is 16.9 Å². The molecule has 0 aromatic heterocycles. The van der Waals surface area contributed by atoms with Gasteiger partial charge in [-0.3, -0.25) is 0 Å². The molecule has 0 bridgehead atoms. The van der Waals surface area contributed by atoms with Crippen LogP contribution in [0.2, 0.25) is 0 Å². The van der Waals surface area contributed by atoms with E-state index in [0.29, 0.717) is 11.1 Å². The number of methoxy groups -OCH3 is 2. The summed E-state index contributed by atoms with van der Waals surface area (Å²) in [6, 6.07) is 7.95. The minimum atomic E-state index is -1.10. The zero-order valence-corrected chi connectivity index (χ0v) is 11.9. The molecule has 0 amide bonds. The highest BCUT2D eigenvalue weighted by molar-refractivity contribution is 5.92. The molecule has 0 unspecified atom stereocenters. The van der Waals surface area contributed by atoms with Crippen LogP contribution >= 0.6 is 0 Å². The second-order valence-corrected chi connectivity index (χ2v) is 4.44. The van der Waals surface area contributed by atoms with E-state index >= 15 is 0 Å². The van der Waals surface area contributed by atoms with E-state index in [4.69, 9.17) is 9.84 Å². The van der Waals surface area contributed by atoms with Crippen LogP contribution in [0.4, 0.5) is 4.39 Å². The second kappa shape index (κ2) is 6.26. The van der Waals surface area contributed by atoms with E-state index in [2.05, 4.69) is 4.74 Å². The number of halogens is 1. The van der Waals surface area contributed by atoms with E-state index in [1.54, 1.807) is 0 Å². The van der Waals surface area contributed by atoms with E-state index in [0.717, 1.165) is 6.07 Å². The minimum absolute atomic E-state index is 0.0465. The molecule has 2 rings (SSSR count). The topological polar surface area (TPSA) is 72.8 Å². The number of benzene rings is 2. The van der Waals surface area contributed by atoms with Crippen molar-refractivity contribution in [2.45, 2.75) is 0 Å². The molecular weight excluding hydrogens is 291 g/mol. The second-order valence-electron chi connectivity index (χ2n) is 4.44. The summed E-state index contributed by atoms with van der Waals surface area (Å²) in [6.07, 6.45) is 0. The third-order valence-electron chi connectivity index (χ3n) is 3.08. The maximum absolute atomic E-state index is 13.7. The van der Waals surface area contributed by atoms with Crippen LogP contribution in [0.3, 0.4) is 0 Å². The summed E-state index contributed by atoms with van der Waals surface area (Å²) in [5.74, 6) is -2.11. The van der Waals surface area contributed by atoms with Crippen molar-refractivity contribution in [1.29, 1.82) is 0 Å². The Kier molecular flexibility index (Phi) is 4.41. The van der Waals surface area contributed by atoms with E-state index in [1.165, 1.54) is 44.6 Å². The van der Waals surface area contributed by atoms with Gasteiger partial charge in [0.2, 0.25) is 0 Å². The first-order valence-corrected chi connectivity index (χ1v) is 6.27. The minimum Gasteiger partial charge on any atom is -0.496 e. The fraction of sp³-hybridized carbons (Fsp3) is 0.125. The molecule has 2 aromatic carbocycles. The van der Waals surface area contributed by atoms with Crippen molar-refractivity contribution in [3.05, 3.63) is 53.3 Å². The lowest BCUT2D eigenvalue weighted by molar-refractivity contribution is 0.0599. The van der Waals surface area contributed by atoms with Crippen molar-refractivity contribution in [1.82, 2.24) is 0 Å². The number of esters is 1. The molecule has 22 heavy (non-hydrogen) atoms. The summed E-state index contributed by atoms with van der Waals surface area (Å²) in [4.78, 5) is 22.5. The zero-order valence-electron chi connectivity index (χ0n) is 11.9. The highest BCUT2D eigenvalue weighted by Gasteiger charge is 2.14. The maximum Gasteiger partial charge on any atom is 0.337 e. The number of carboxylic acid groups (broad SMARTS) is 1. The molecule has 0 saturated carbocycles. The molecule has 0 spiro atoms. The number of carbonyl (C=O) groups excluding carboxylic acids is 1. The summed E-state index contributed by atoms with van der Waals surface area (Å²) in [6.45, 7) is 0. The fourth-order valence-electron chi connectivity index (χ4n) is 2.04. The predicted molar refractivity (Wildman–Crippen MR) is 76.7 cm³/mol. The normalized spacial score (nSPS) is 10.1. The van der Waals surface area contributed by atoms with E-state index in [1.807, 2.05) is 0 Å². The van der Waals surface area contributed by atoms with Crippen LogP contribution < -0.4 is 4.74 Å². The first-order valence-electron chi connectivity index (χ1n) is 6.27. The molecule has 0 aliphatic carbocycles. The van der Waals surface area contributed by atoms with Crippen LogP contribution in [0, 0.1) is 5.82 Å². The van der Waals surface area contributed by atoms with E-state index < -0.39 is 17.8 Å². The third-order valence-corrected chi connectivity index (χ3v) is 3.08. The zero-order chi connectivity index (χ0) is 16.3. The van der Waals surface area contributed by atoms with Crippen LogP contribution in [-0.2, 0) is 4.74 Å². The summed E-state index contributed by atoms with van der Waals surface area (Å²) >= 11 is 0. The summed E-state index contributed by atoms with van der Waals surface area (Å²) in [5, 5.41) is 8.98. The Balaban J connectivity index is 2.58. The van der Waals surface area contributed by atoms with Gasteiger partial charge in [0, 0.05) is 5.56 Å².